The quantitative estimate of drug-likeness (QED) is 0.915. The SMILES string of the molecule is CCn1nc(C)c(Cl)c1CNC1CCOC(C)C1. The summed E-state index contributed by atoms with van der Waals surface area (Å²) in [6.07, 6.45) is 2.49. The van der Waals surface area contributed by atoms with Gasteiger partial charge in [-0.1, -0.05) is 11.6 Å². The highest BCUT2D eigenvalue weighted by Gasteiger charge is 2.20. The van der Waals surface area contributed by atoms with Crippen molar-refractivity contribution in [1.29, 1.82) is 0 Å². The molecule has 2 unspecified atom stereocenters. The van der Waals surface area contributed by atoms with Gasteiger partial charge >= 0.3 is 0 Å². The van der Waals surface area contributed by atoms with E-state index in [1.807, 2.05) is 11.6 Å². The van der Waals surface area contributed by atoms with Crippen molar-refractivity contribution >= 4 is 11.6 Å². The van der Waals surface area contributed by atoms with E-state index < -0.39 is 0 Å². The van der Waals surface area contributed by atoms with Crippen molar-refractivity contribution < 1.29 is 4.74 Å². The van der Waals surface area contributed by atoms with E-state index >= 15 is 0 Å². The molecular formula is C13H22ClN3O. The summed E-state index contributed by atoms with van der Waals surface area (Å²) in [6.45, 7) is 8.65. The number of hydrogen-bond acceptors (Lipinski definition) is 3. The summed E-state index contributed by atoms with van der Waals surface area (Å²) in [5.41, 5.74) is 2.01. The predicted octanol–water partition coefficient (Wildman–Crippen LogP) is 2.52. The number of rotatable bonds is 4. The topological polar surface area (TPSA) is 39.1 Å². The molecule has 0 spiro atoms. The second kappa shape index (κ2) is 6.04. The average molecular weight is 272 g/mol. The van der Waals surface area contributed by atoms with Gasteiger partial charge in [0.05, 0.1) is 22.5 Å². The molecule has 5 heteroatoms. The standard InChI is InChI=1S/C13H22ClN3O/c1-4-17-12(13(14)10(3)16-17)8-15-11-5-6-18-9(2)7-11/h9,11,15H,4-8H2,1-3H3. The van der Waals surface area contributed by atoms with Crippen molar-refractivity contribution in [3.8, 4) is 0 Å². The van der Waals surface area contributed by atoms with Crippen LogP contribution in [-0.2, 0) is 17.8 Å². The summed E-state index contributed by atoms with van der Waals surface area (Å²) in [4.78, 5) is 0. The lowest BCUT2D eigenvalue weighted by Gasteiger charge is -2.28. The highest BCUT2D eigenvalue weighted by Crippen LogP contribution is 2.21. The first-order valence-electron chi connectivity index (χ1n) is 6.68. The molecule has 0 bridgehead atoms. The lowest BCUT2D eigenvalue weighted by molar-refractivity contribution is 0.0129. The zero-order valence-corrected chi connectivity index (χ0v) is 12.1. The number of nitrogens with one attached hydrogen (secondary N) is 1. The summed E-state index contributed by atoms with van der Waals surface area (Å²) in [7, 11) is 0. The number of hydrogen-bond donors (Lipinski definition) is 1. The van der Waals surface area contributed by atoms with Crippen LogP contribution in [0, 0.1) is 6.92 Å². The molecule has 0 radical (unpaired) electrons. The summed E-state index contributed by atoms with van der Waals surface area (Å²) < 4.78 is 7.53. The van der Waals surface area contributed by atoms with E-state index in [4.69, 9.17) is 16.3 Å². The van der Waals surface area contributed by atoms with Crippen LogP contribution in [0.15, 0.2) is 0 Å². The first-order chi connectivity index (χ1) is 8.61. The van der Waals surface area contributed by atoms with E-state index in [-0.39, 0.29) is 0 Å². The van der Waals surface area contributed by atoms with Gasteiger partial charge in [-0.2, -0.15) is 5.10 Å². The number of aryl methyl sites for hydroxylation is 2. The Morgan fingerprint density at radius 1 is 1.56 bits per heavy atom. The molecule has 0 aliphatic carbocycles. The number of nitrogens with zero attached hydrogens (tertiary/aromatic N) is 2. The fraction of sp³-hybridized carbons (Fsp3) is 0.769. The molecule has 0 amide bonds. The van der Waals surface area contributed by atoms with Crippen LogP contribution in [0.3, 0.4) is 0 Å². The number of aromatic nitrogens is 2. The minimum atomic E-state index is 0.351. The molecule has 2 heterocycles. The molecule has 0 aromatic carbocycles. The summed E-state index contributed by atoms with van der Waals surface area (Å²) in [5, 5.41) is 8.80. The van der Waals surface area contributed by atoms with Gasteiger partial charge in [0.25, 0.3) is 0 Å². The second-order valence-electron chi connectivity index (χ2n) is 4.95. The molecule has 4 nitrogen and oxygen atoms in total. The molecule has 1 fully saturated rings. The minimum absolute atomic E-state index is 0.351. The zero-order chi connectivity index (χ0) is 13.1. The van der Waals surface area contributed by atoms with Gasteiger partial charge in [-0.15, -0.1) is 0 Å². The van der Waals surface area contributed by atoms with Gasteiger partial charge in [0, 0.05) is 25.7 Å². The highest BCUT2D eigenvalue weighted by atomic mass is 35.5. The maximum Gasteiger partial charge on any atom is 0.0860 e. The van der Waals surface area contributed by atoms with Crippen LogP contribution in [0.1, 0.15) is 38.1 Å². The van der Waals surface area contributed by atoms with Crippen molar-refractivity contribution in [2.45, 2.75) is 58.8 Å². The Kier molecular flexibility index (Phi) is 4.65. The lowest BCUT2D eigenvalue weighted by Crippen LogP contribution is -2.38. The first-order valence-corrected chi connectivity index (χ1v) is 7.06. The van der Waals surface area contributed by atoms with Crippen molar-refractivity contribution in [3.05, 3.63) is 16.4 Å². The molecule has 2 rings (SSSR count). The fourth-order valence-corrected chi connectivity index (χ4v) is 2.66. The van der Waals surface area contributed by atoms with Gasteiger partial charge in [0.2, 0.25) is 0 Å². The van der Waals surface area contributed by atoms with Gasteiger partial charge in [0.1, 0.15) is 0 Å². The van der Waals surface area contributed by atoms with Crippen LogP contribution >= 0.6 is 11.6 Å². The Morgan fingerprint density at radius 2 is 2.33 bits per heavy atom. The van der Waals surface area contributed by atoms with Crippen LogP contribution < -0.4 is 5.32 Å². The molecule has 102 valence electrons. The molecule has 2 atom stereocenters. The second-order valence-corrected chi connectivity index (χ2v) is 5.32. The highest BCUT2D eigenvalue weighted by molar-refractivity contribution is 6.31. The van der Waals surface area contributed by atoms with Gasteiger partial charge in [-0.25, -0.2) is 0 Å². The normalized spacial score (nSPS) is 24.4. The van der Waals surface area contributed by atoms with Crippen LogP contribution in [0.4, 0.5) is 0 Å². The summed E-state index contributed by atoms with van der Waals surface area (Å²) >= 11 is 6.29. The Morgan fingerprint density at radius 3 is 3.00 bits per heavy atom. The van der Waals surface area contributed by atoms with Gasteiger partial charge in [0.15, 0.2) is 0 Å². The molecule has 1 saturated heterocycles. The Bertz CT molecular complexity index is 405. The van der Waals surface area contributed by atoms with E-state index in [9.17, 15) is 0 Å². The van der Waals surface area contributed by atoms with Gasteiger partial charge in [-0.3, -0.25) is 4.68 Å². The Hall–Kier alpha value is -0.580. The largest absolute Gasteiger partial charge is 0.378 e. The van der Waals surface area contributed by atoms with Crippen LogP contribution in [0.2, 0.25) is 5.02 Å². The molecule has 0 saturated carbocycles. The maximum absolute atomic E-state index is 6.29. The van der Waals surface area contributed by atoms with Crippen molar-refractivity contribution in [3.63, 3.8) is 0 Å². The fourth-order valence-electron chi connectivity index (χ4n) is 2.46. The van der Waals surface area contributed by atoms with E-state index in [0.717, 1.165) is 48.9 Å². The van der Waals surface area contributed by atoms with Crippen molar-refractivity contribution in [2.75, 3.05) is 6.61 Å². The van der Waals surface area contributed by atoms with E-state index in [1.165, 1.54) is 0 Å². The number of halogens is 1. The Balaban J connectivity index is 1.97. The molecular weight excluding hydrogens is 250 g/mol. The third-order valence-corrected chi connectivity index (χ3v) is 3.99. The van der Waals surface area contributed by atoms with Crippen molar-refractivity contribution in [2.24, 2.45) is 0 Å². The van der Waals surface area contributed by atoms with Crippen LogP contribution in [0.25, 0.3) is 0 Å². The number of ether oxygens (including phenoxy) is 1. The Labute approximate surface area is 114 Å². The maximum atomic E-state index is 6.29. The lowest BCUT2D eigenvalue weighted by atomic mass is 10.0. The van der Waals surface area contributed by atoms with E-state index in [1.54, 1.807) is 0 Å². The van der Waals surface area contributed by atoms with Gasteiger partial charge in [-0.05, 0) is 33.6 Å². The smallest absolute Gasteiger partial charge is 0.0860 e. The van der Waals surface area contributed by atoms with E-state index in [0.29, 0.717) is 12.1 Å². The van der Waals surface area contributed by atoms with Crippen LogP contribution in [-0.4, -0.2) is 28.5 Å². The third kappa shape index (κ3) is 3.05. The molecule has 1 aliphatic heterocycles. The monoisotopic (exact) mass is 271 g/mol. The molecule has 1 aromatic rings. The summed E-state index contributed by atoms with van der Waals surface area (Å²) in [6, 6.07) is 0.519. The van der Waals surface area contributed by atoms with E-state index in [2.05, 4.69) is 24.3 Å². The average Bonchev–Trinajstić information content (AvgIpc) is 2.63. The van der Waals surface area contributed by atoms with Gasteiger partial charge < -0.3 is 10.1 Å². The predicted molar refractivity (Wildman–Crippen MR) is 72.9 cm³/mol. The first kappa shape index (κ1) is 13.8. The van der Waals surface area contributed by atoms with Crippen LogP contribution in [0.5, 0.6) is 0 Å². The molecule has 18 heavy (non-hydrogen) atoms. The molecule has 1 N–H and O–H groups in total. The molecule has 1 aliphatic rings. The third-order valence-electron chi connectivity index (χ3n) is 3.50. The van der Waals surface area contributed by atoms with Crippen molar-refractivity contribution in [1.82, 2.24) is 15.1 Å². The minimum Gasteiger partial charge on any atom is -0.378 e. The molecule has 1 aromatic heterocycles. The summed E-state index contributed by atoms with van der Waals surface area (Å²) in [5.74, 6) is 0. The zero-order valence-electron chi connectivity index (χ0n) is 11.4.